The average molecular weight is 271 g/mol. The lowest BCUT2D eigenvalue weighted by Crippen LogP contribution is -2.27. The van der Waals surface area contributed by atoms with Gasteiger partial charge in [-0.15, -0.1) is 0 Å². The second-order valence-electron chi connectivity index (χ2n) is 4.20. The monoisotopic (exact) mass is 270 g/mol. The third-order valence-corrected chi connectivity index (χ3v) is 4.25. The van der Waals surface area contributed by atoms with Gasteiger partial charge in [-0.2, -0.15) is 0 Å². The van der Waals surface area contributed by atoms with E-state index in [1.54, 1.807) is 0 Å². The van der Waals surface area contributed by atoms with E-state index in [2.05, 4.69) is 22.0 Å². The predicted octanol–water partition coefficient (Wildman–Crippen LogP) is 3.65. The third kappa shape index (κ3) is 1.75. The van der Waals surface area contributed by atoms with Crippen LogP contribution in [0.1, 0.15) is 19.4 Å². The van der Waals surface area contributed by atoms with Gasteiger partial charge >= 0.3 is 0 Å². The van der Waals surface area contributed by atoms with E-state index in [-0.39, 0.29) is 10.5 Å². The lowest BCUT2D eigenvalue weighted by Gasteiger charge is -2.28. The second-order valence-corrected chi connectivity index (χ2v) is 6.13. The highest BCUT2D eigenvalue weighted by molar-refractivity contribution is 9.10. The molecule has 0 unspecified atom stereocenters. The van der Waals surface area contributed by atoms with Crippen LogP contribution in [0.4, 0.5) is 0 Å². The maximum Gasteiger partial charge on any atom is 0.199 e. The Bertz CT molecular complexity index is 398. The maximum absolute atomic E-state index is 11.7. The summed E-state index contributed by atoms with van der Waals surface area (Å²) >= 11 is 4.78. The molecule has 0 bridgehead atoms. The van der Waals surface area contributed by atoms with Crippen LogP contribution in [0.2, 0.25) is 0 Å². The summed E-state index contributed by atoms with van der Waals surface area (Å²) in [6.45, 7) is 4.01. The smallest absolute Gasteiger partial charge is 0.199 e. The Morgan fingerprint density at radius 1 is 1.43 bits per heavy atom. The maximum atomic E-state index is 11.7. The fraction of sp³-hybridized carbons (Fsp3) is 0.364. The Balaban J connectivity index is 2.46. The van der Waals surface area contributed by atoms with E-state index in [0.29, 0.717) is 0 Å². The minimum absolute atomic E-state index is 0.217. The molecule has 14 heavy (non-hydrogen) atoms. The Labute approximate surface area is 96.4 Å². The molecule has 0 fully saturated rings. The van der Waals surface area contributed by atoms with Gasteiger partial charge in [-0.25, -0.2) is 0 Å². The SMILES string of the molecule is CC1(C)Cc2ccc(Br)cc2SC1=O. The van der Waals surface area contributed by atoms with Gasteiger partial charge in [0.15, 0.2) is 5.12 Å². The number of hydrogen-bond acceptors (Lipinski definition) is 2. The summed E-state index contributed by atoms with van der Waals surface area (Å²) < 4.78 is 1.04. The van der Waals surface area contributed by atoms with Crippen molar-refractivity contribution in [3.63, 3.8) is 0 Å². The molecule has 0 aromatic heterocycles. The van der Waals surface area contributed by atoms with E-state index in [4.69, 9.17) is 0 Å². The van der Waals surface area contributed by atoms with Crippen molar-refractivity contribution in [1.29, 1.82) is 0 Å². The summed E-state index contributed by atoms with van der Waals surface area (Å²) in [5, 5.41) is 0.267. The summed E-state index contributed by atoms with van der Waals surface area (Å²) in [5.74, 6) is 0. The number of benzene rings is 1. The number of carbonyl (C=O) groups is 1. The second kappa shape index (κ2) is 3.38. The van der Waals surface area contributed by atoms with Gasteiger partial charge in [0.2, 0.25) is 0 Å². The first kappa shape index (κ1) is 10.2. The Morgan fingerprint density at radius 3 is 2.86 bits per heavy atom. The number of fused-ring (bicyclic) bond motifs is 1. The Hall–Kier alpha value is -0.280. The van der Waals surface area contributed by atoms with E-state index in [9.17, 15) is 4.79 Å². The van der Waals surface area contributed by atoms with Crippen molar-refractivity contribution in [3.8, 4) is 0 Å². The van der Waals surface area contributed by atoms with Gasteiger partial charge in [-0.3, -0.25) is 4.79 Å². The van der Waals surface area contributed by atoms with Gasteiger partial charge < -0.3 is 0 Å². The molecule has 3 heteroatoms. The minimum Gasteiger partial charge on any atom is -0.286 e. The van der Waals surface area contributed by atoms with Crippen molar-refractivity contribution < 1.29 is 4.79 Å². The first-order valence-corrected chi connectivity index (χ1v) is 6.11. The molecule has 74 valence electrons. The molecule has 1 aliphatic heterocycles. The van der Waals surface area contributed by atoms with Gasteiger partial charge in [0, 0.05) is 14.8 Å². The molecular weight excluding hydrogens is 260 g/mol. The lowest BCUT2D eigenvalue weighted by atomic mass is 9.87. The third-order valence-electron chi connectivity index (χ3n) is 2.42. The zero-order chi connectivity index (χ0) is 10.3. The van der Waals surface area contributed by atoms with Crippen molar-refractivity contribution in [2.24, 2.45) is 5.41 Å². The van der Waals surface area contributed by atoms with Gasteiger partial charge in [0.25, 0.3) is 0 Å². The van der Waals surface area contributed by atoms with Crippen LogP contribution in [0.15, 0.2) is 27.6 Å². The van der Waals surface area contributed by atoms with Crippen LogP contribution in [-0.4, -0.2) is 5.12 Å². The molecule has 1 aliphatic rings. The molecule has 0 saturated heterocycles. The van der Waals surface area contributed by atoms with Crippen LogP contribution >= 0.6 is 27.7 Å². The lowest BCUT2D eigenvalue weighted by molar-refractivity contribution is -0.118. The first-order chi connectivity index (χ1) is 6.49. The summed E-state index contributed by atoms with van der Waals surface area (Å²) in [4.78, 5) is 12.8. The molecule has 1 nitrogen and oxygen atoms in total. The van der Waals surface area contributed by atoms with Crippen molar-refractivity contribution >= 4 is 32.8 Å². The molecule has 0 aliphatic carbocycles. The van der Waals surface area contributed by atoms with Crippen LogP contribution in [0.5, 0.6) is 0 Å². The highest BCUT2D eigenvalue weighted by atomic mass is 79.9. The molecule has 0 atom stereocenters. The van der Waals surface area contributed by atoms with E-state index in [1.165, 1.54) is 17.3 Å². The minimum atomic E-state index is -0.217. The first-order valence-electron chi connectivity index (χ1n) is 4.50. The van der Waals surface area contributed by atoms with Crippen LogP contribution < -0.4 is 0 Å². The van der Waals surface area contributed by atoms with Gasteiger partial charge in [-0.05, 0) is 24.1 Å². The van der Waals surface area contributed by atoms with Crippen LogP contribution in [0, 0.1) is 5.41 Å². The van der Waals surface area contributed by atoms with Crippen LogP contribution in [0.3, 0.4) is 0 Å². The fourth-order valence-corrected chi connectivity index (χ4v) is 3.07. The normalized spacial score (nSPS) is 19.2. The van der Waals surface area contributed by atoms with Gasteiger partial charge in [-0.1, -0.05) is 47.6 Å². The number of halogens is 1. The Kier molecular flexibility index (Phi) is 2.48. The van der Waals surface area contributed by atoms with Crippen molar-refractivity contribution in [3.05, 3.63) is 28.2 Å². The summed E-state index contributed by atoms with van der Waals surface area (Å²) in [6.07, 6.45) is 0.849. The van der Waals surface area contributed by atoms with Crippen molar-refractivity contribution in [2.75, 3.05) is 0 Å². The summed E-state index contributed by atoms with van der Waals surface area (Å²) in [5.41, 5.74) is 1.06. The predicted molar refractivity (Wildman–Crippen MR) is 62.5 cm³/mol. The molecule has 0 spiro atoms. The quantitative estimate of drug-likeness (QED) is 0.716. The number of carbonyl (C=O) groups excluding carboxylic acids is 1. The average Bonchev–Trinajstić information content (AvgIpc) is 2.08. The van der Waals surface area contributed by atoms with E-state index in [1.807, 2.05) is 26.0 Å². The Morgan fingerprint density at radius 2 is 2.14 bits per heavy atom. The number of hydrogen-bond donors (Lipinski definition) is 0. The van der Waals surface area contributed by atoms with E-state index < -0.39 is 0 Å². The molecule has 0 radical (unpaired) electrons. The molecule has 0 amide bonds. The van der Waals surface area contributed by atoms with Gasteiger partial charge in [0.05, 0.1) is 0 Å². The zero-order valence-electron chi connectivity index (χ0n) is 8.13. The molecule has 1 heterocycles. The molecule has 2 rings (SSSR count). The van der Waals surface area contributed by atoms with Gasteiger partial charge in [0.1, 0.15) is 0 Å². The molecule has 0 N–H and O–H groups in total. The molecule has 1 aromatic rings. The zero-order valence-corrected chi connectivity index (χ0v) is 10.5. The molecular formula is C11H11BrOS. The fourth-order valence-electron chi connectivity index (χ4n) is 1.56. The van der Waals surface area contributed by atoms with Crippen molar-refractivity contribution in [2.45, 2.75) is 25.2 Å². The number of thioether (sulfide) groups is 1. The van der Waals surface area contributed by atoms with E-state index in [0.717, 1.165) is 15.8 Å². The summed E-state index contributed by atoms with van der Waals surface area (Å²) in [6, 6.07) is 6.15. The van der Waals surface area contributed by atoms with Crippen molar-refractivity contribution in [1.82, 2.24) is 0 Å². The number of rotatable bonds is 0. The molecule has 1 aromatic carbocycles. The summed E-state index contributed by atoms with van der Waals surface area (Å²) in [7, 11) is 0. The topological polar surface area (TPSA) is 17.1 Å². The largest absolute Gasteiger partial charge is 0.286 e. The highest BCUT2D eigenvalue weighted by Gasteiger charge is 2.34. The van der Waals surface area contributed by atoms with Crippen LogP contribution in [-0.2, 0) is 11.2 Å². The highest BCUT2D eigenvalue weighted by Crippen LogP contribution is 2.41. The van der Waals surface area contributed by atoms with E-state index >= 15 is 0 Å². The molecule has 0 saturated carbocycles. The standard InChI is InChI=1S/C11H11BrOS/c1-11(2)6-7-3-4-8(12)5-9(7)14-10(11)13/h3-5H,6H2,1-2H3. The van der Waals surface area contributed by atoms with Crippen LogP contribution in [0.25, 0.3) is 0 Å².